The Bertz CT molecular complexity index is 666. The van der Waals surface area contributed by atoms with E-state index in [1.807, 2.05) is 28.9 Å². The number of rotatable bonds is 0. The first kappa shape index (κ1) is 11.0. The summed E-state index contributed by atoms with van der Waals surface area (Å²) in [5, 5.41) is 6.69. The van der Waals surface area contributed by atoms with Crippen LogP contribution in [0.15, 0.2) is 29.4 Å². The lowest BCUT2D eigenvalue weighted by molar-refractivity contribution is -0.00000327. The van der Waals surface area contributed by atoms with Gasteiger partial charge in [0, 0.05) is 11.1 Å². The van der Waals surface area contributed by atoms with Crippen molar-refractivity contribution in [2.45, 2.75) is 11.7 Å². The van der Waals surface area contributed by atoms with Crippen LogP contribution in [-0.2, 0) is 6.54 Å². The Morgan fingerprint density at radius 2 is 2.06 bits per heavy atom. The standard InChI is InChI=1S/C11H8N4S.BrH/c1-2-4-8-7(3-1)9-10(12-8)13-11-15(14-9)5-6-16-11;/h1-4H,5-6H2;1H/p-1. The van der Waals surface area contributed by atoms with Crippen LogP contribution >= 0.6 is 11.8 Å². The zero-order valence-electron chi connectivity index (χ0n) is 8.80. The van der Waals surface area contributed by atoms with Crippen molar-refractivity contribution in [3.63, 3.8) is 0 Å². The van der Waals surface area contributed by atoms with E-state index in [0.29, 0.717) is 0 Å². The monoisotopic (exact) mass is 307 g/mol. The molecule has 0 atom stereocenters. The van der Waals surface area contributed by atoms with E-state index in [0.717, 1.165) is 39.9 Å². The highest BCUT2D eigenvalue weighted by molar-refractivity contribution is 7.99. The molecule has 4 nitrogen and oxygen atoms in total. The number of hydrogen-bond acceptors (Lipinski definition) is 4. The number of hydrogen-bond donors (Lipinski definition) is 0. The zero-order valence-corrected chi connectivity index (χ0v) is 11.2. The van der Waals surface area contributed by atoms with Crippen molar-refractivity contribution in [1.82, 2.24) is 19.7 Å². The first-order chi connectivity index (χ1) is 7.92. The summed E-state index contributed by atoms with van der Waals surface area (Å²) in [4.78, 5) is 9.04. The number of fused-ring (bicyclic) bond motifs is 4. The third kappa shape index (κ3) is 1.55. The zero-order chi connectivity index (χ0) is 10.5. The molecule has 0 radical (unpaired) electrons. The van der Waals surface area contributed by atoms with Crippen LogP contribution in [0.25, 0.3) is 22.4 Å². The highest BCUT2D eigenvalue weighted by Crippen LogP contribution is 2.31. The topological polar surface area (TPSA) is 43.6 Å². The number of halogens is 1. The molecule has 0 bridgehead atoms. The number of thioether (sulfide) groups is 1. The molecule has 0 saturated heterocycles. The molecule has 0 saturated carbocycles. The van der Waals surface area contributed by atoms with Gasteiger partial charge in [-0.05, 0) is 6.07 Å². The van der Waals surface area contributed by atoms with Gasteiger partial charge in [0.05, 0.1) is 12.1 Å². The van der Waals surface area contributed by atoms with Gasteiger partial charge in [-0.1, -0.05) is 30.0 Å². The van der Waals surface area contributed by atoms with Gasteiger partial charge >= 0.3 is 0 Å². The number of para-hydroxylation sites is 1. The molecule has 1 aromatic carbocycles. The Labute approximate surface area is 113 Å². The first-order valence-corrected chi connectivity index (χ1v) is 6.16. The maximum absolute atomic E-state index is 4.61. The largest absolute Gasteiger partial charge is 1.00 e. The van der Waals surface area contributed by atoms with Crippen LogP contribution in [0.3, 0.4) is 0 Å². The second-order valence-electron chi connectivity index (χ2n) is 3.77. The fraction of sp³-hybridized carbons (Fsp3) is 0.182. The van der Waals surface area contributed by atoms with Crippen LogP contribution in [0.2, 0.25) is 0 Å². The molecular formula is C11H8BrN4S-. The Morgan fingerprint density at radius 1 is 1.18 bits per heavy atom. The van der Waals surface area contributed by atoms with Crippen LogP contribution in [0.5, 0.6) is 0 Å². The summed E-state index contributed by atoms with van der Waals surface area (Å²) in [6, 6.07) is 8.05. The molecule has 86 valence electrons. The van der Waals surface area contributed by atoms with E-state index in [9.17, 15) is 0 Å². The molecule has 0 aromatic heterocycles. The maximum atomic E-state index is 4.61. The molecule has 3 aliphatic heterocycles. The van der Waals surface area contributed by atoms with Gasteiger partial charge in [0.1, 0.15) is 5.69 Å². The molecule has 0 fully saturated rings. The molecule has 0 spiro atoms. The molecule has 0 amide bonds. The summed E-state index contributed by atoms with van der Waals surface area (Å²) in [5.74, 6) is 1.83. The summed E-state index contributed by atoms with van der Waals surface area (Å²) in [6.45, 7) is 0.947. The van der Waals surface area contributed by atoms with Crippen LogP contribution in [-0.4, -0.2) is 25.5 Å². The van der Waals surface area contributed by atoms with Gasteiger partial charge in [-0.3, -0.25) is 0 Å². The summed E-state index contributed by atoms with van der Waals surface area (Å²) in [7, 11) is 0. The van der Waals surface area contributed by atoms with E-state index < -0.39 is 0 Å². The van der Waals surface area contributed by atoms with Gasteiger partial charge in [0.25, 0.3) is 0 Å². The fourth-order valence-corrected chi connectivity index (χ4v) is 2.90. The predicted molar refractivity (Wildman–Crippen MR) is 62.7 cm³/mol. The smallest absolute Gasteiger partial charge is 0.186 e. The van der Waals surface area contributed by atoms with Gasteiger partial charge in [0.15, 0.2) is 11.0 Å². The predicted octanol–water partition coefficient (Wildman–Crippen LogP) is -0.959. The average molecular weight is 308 g/mol. The van der Waals surface area contributed by atoms with E-state index in [1.165, 1.54) is 0 Å². The number of benzene rings is 1. The summed E-state index contributed by atoms with van der Waals surface area (Å²) < 4.78 is 1.97. The summed E-state index contributed by atoms with van der Waals surface area (Å²) in [5.41, 5.74) is 1.90. The molecule has 0 N–H and O–H groups in total. The van der Waals surface area contributed by atoms with E-state index >= 15 is 0 Å². The quantitative estimate of drug-likeness (QED) is 0.537. The third-order valence-electron chi connectivity index (χ3n) is 2.77. The van der Waals surface area contributed by atoms with Gasteiger partial charge < -0.3 is 17.0 Å². The van der Waals surface area contributed by atoms with Crippen LogP contribution in [0.4, 0.5) is 0 Å². The molecule has 3 aliphatic rings. The van der Waals surface area contributed by atoms with E-state index in [-0.39, 0.29) is 17.0 Å². The Kier molecular flexibility index (Phi) is 2.56. The van der Waals surface area contributed by atoms with Crippen molar-refractivity contribution < 1.29 is 17.0 Å². The minimum Gasteiger partial charge on any atom is -1.00 e. The molecular weight excluding hydrogens is 300 g/mol. The lowest BCUT2D eigenvalue weighted by Gasteiger charge is -2.03. The van der Waals surface area contributed by atoms with Crippen molar-refractivity contribution in [2.75, 3.05) is 5.75 Å². The lowest BCUT2D eigenvalue weighted by Crippen LogP contribution is -3.00. The van der Waals surface area contributed by atoms with Crippen molar-refractivity contribution in [3.8, 4) is 11.5 Å². The van der Waals surface area contributed by atoms with E-state index in [4.69, 9.17) is 0 Å². The number of aryl methyl sites for hydroxylation is 1. The van der Waals surface area contributed by atoms with Gasteiger partial charge in [-0.2, -0.15) is 5.10 Å². The molecule has 0 aliphatic carbocycles. The van der Waals surface area contributed by atoms with Crippen molar-refractivity contribution >= 4 is 22.7 Å². The normalized spacial score (nSPS) is 13.9. The molecule has 3 heterocycles. The fourth-order valence-electron chi connectivity index (χ4n) is 2.02. The Balaban J connectivity index is 0.000000902. The molecule has 0 unspecified atom stereocenters. The van der Waals surface area contributed by atoms with Crippen molar-refractivity contribution in [2.24, 2.45) is 0 Å². The molecule has 17 heavy (non-hydrogen) atoms. The van der Waals surface area contributed by atoms with Crippen molar-refractivity contribution in [3.05, 3.63) is 24.3 Å². The SMILES string of the molecule is [Br-].c1ccc2c3nn4c(nc-3nc2c1)SCC4. The molecule has 4 rings (SSSR count). The minimum absolute atomic E-state index is 0. The second-order valence-corrected chi connectivity index (χ2v) is 4.83. The van der Waals surface area contributed by atoms with Gasteiger partial charge in [-0.25, -0.2) is 14.6 Å². The highest BCUT2D eigenvalue weighted by Gasteiger charge is 2.20. The van der Waals surface area contributed by atoms with Crippen molar-refractivity contribution in [1.29, 1.82) is 0 Å². The maximum Gasteiger partial charge on any atom is 0.186 e. The Morgan fingerprint density at radius 3 is 3.00 bits per heavy atom. The van der Waals surface area contributed by atoms with E-state index in [1.54, 1.807) is 11.8 Å². The van der Waals surface area contributed by atoms with E-state index in [2.05, 4.69) is 15.1 Å². The number of nitrogens with zero attached hydrogens (tertiary/aromatic N) is 4. The van der Waals surface area contributed by atoms with Crippen LogP contribution < -0.4 is 17.0 Å². The average Bonchev–Trinajstić information content (AvgIpc) is 2.88. The second kappa shape index (κ2) is 3.96. The summed E-state index contributed by atoms with van der Waals surface area (Å²) >= 11 is 1.74. The third-order valence-corrected chi connectivity index (χ3v) is 3.72. The van der Waals surface area contributed by atoms with Crippen LogP contribution in [0, 0.1) is 0 Å². The van der Waals surface area contributed by atoms with Crippen LogP contribution in [0.1, 0.15) is 0 Å². The lowest BCUT2D eigenvalue weighted by atomic mass is 10.2. The molecule has 6 heteroatoms. The minimum atomic E-state index is 0. The summed E-state index contributed by atoms with van der Waals surface area (Å²) in [6.07, 6.45) is 0. The van der Waals surface area contributed by atoms with Gasteiger partial charge in [0.2, 0.25) is 0 Å². The van der Waals surface area contributed by atoms with Gasteiger partial charge in [-0.15, -0.1) is 0 Å². The number of aromatic nitrogens is 4. The Hall–Kier alpha value is -1.14. The highest BCUT2D eigenvalue weighted by atomic mass is 79.9. The first-order valence-electron chi connectivity index (χ1n) is 5.18. The molecule has 1 aromatic rings.